The molecule has 108 valence electrons. The van der Waals surface area contributed by atoms with Crippen molar-refractivity contribution < 1.29 is 14.3 Å². The molecule has 1 aliphatic heterocycles. The van der Waals surface area contributed by atoms with E-state index in [2.05, 4.69) is 0 Å². The molecule has 2 atom stereocenters. The smallest absolute Gasteiger partial charge is 0.410 e. The molecule has 0 aromatic rings. The largest absolute Gasteiger partial charge is 0.444 e. The van der Waals surface area contributed by atoms with Gasteiger partial charge in [-0.25, -0.2) is 4.79 Å². The topological polar surface area (TPSA) is 46.6 Å². The van der Waals surface area contributed by atoms with E-state index >= 15 is 0 Å². The highest BCUT2D eigenvalue weighted by Gasteiger charge is 2.49. The monoisotopic (exact) mass is 267 g/mol. The van der Waals surface area contributed by atoms with Gasteiger partial charge in [0, 0.05) is 24.4 Å². The lowest BCUT2D eigenvalue weighted by molar-refractivity contribution is -0.138. The molecule has 1 saturated heterocycles. The van der Waals surface area contributed by atoms with Crippen LogP contribution in [0.25, 0.3) is 0 Å². The van der Waals surface area contributed by atoms with Gasteiger partial charge in [-0.15, -0.1) is 0 Å². The summed E-state index contributed by atoms with van der Waals surface area (Å²) in [5, 5.41) is 0. The second kappa shape index (κ2) is 4.80. The molecule has 0 bridgehead atoms. The van der Waals surface area contributed by atoms with Gasteiger partial charge in [0.1, 0.15) is 11.4 Å². The van der Waals surface area contributed by atoms with Crippen molar-refractivity contribution in [2.75, 3.05) is 6.54 Å². The summed E-state index contributed by atoms with van der Waals surface area (Å²) in [6.45, 7) is 8.36. The minimum Gasteiger partial charge on any atom is -0.444 e. The first-order chi connectivity index (χ1) is 8.74. The molecule has 4 nitrogen and oxygen atoms in total. The zero-order chi connectivity index (χ0) is 14.3. The average Bonchev–Trinajstić information content (AvgIpc) is 2.27. The molecule has 2 fully saturated rings. The number of hydrogen-bond donors (Lipinski definition) is 0. The molecule has 2 rings (SSSR count). The lowest BCUT2D eigenvalue weighted by Gasteiger charge is -2.49. The van der Waals surface area contributed by atoms with Crippen molar-refractivity contribution in [3.05, 3.63) is 0 Å². The summed E-state index contributed by atoms with van der Waals surface area (Å²) in [4.78, 5) is 26.3. The number of hydrogen-bond acceptors (Lipinski definition) is 3. The lowest BCUT2D eigenvalue weighted by atomic mass is 9.65. The number of rotatable bonds is 0. The first kappa shape index (κ1) is 14.4. The van der Waals surface area contributed by atoms with Crippen LogP contribution in [0.15, 0.2) is 0 Å². The number of ether oxygens (including phenoxy) is 1. The van der Waals surface area contributed by atoms with Gasteiger partial charge in [-0.3, -0.25) is 4.79 Å². The zero-order valence-corrected chi connectivity index (χ0v) is 12.5. The van der Waals surface area contributed by atoms with Gasteiger partial charge < -0.3 is 9.64 Å². The minimum absolute atomic E-state index is 0.0253. The number of ketones is 1. The van der Waals surface area contributed by atoms with Crippen molar-refractivity contribution >= 4 is 11.9 Å². The molecular formula is C15H25NO3. The van der Waals surface area contributed by atoms with E-state index in [0.29, 0.717) is 18.7 Å². The van der Waals surface area contributed by atoms with Gasteiger partial charge in [-0.2, -0.15) is 0 Å². The predicted octanol–water partition coefficient (Wildman–Crippen LogP) is 3.15. The highest BCUT2D eigenvalue weighted by Crippen LogP contribution is 2.43. The molecule has 19 heavy (non-hydrogen) atoms. The molecule has 2 aliphatic rings. The van der Waals surface area contributed by atoms with Crippen LogP contribution in [-0.2, 0) is 9.53 Å². The fourth-order valence-electron chi connectivity index (χ4n) is 3.36. The van der Waals surface area contributed by atoms with E-state index in [1.807, 2.05) is 27.7 Å². The molecular weight excluding hydrogens is 242 g/mol. The maximum atomic E-state index is 12.3. The van der Waals surface area contributed by atoms with Crippen LogP contribution in [0.1, 0.15) is 59.8 Å². The van der Waals surface area contributed by atoms with E-state index in [1.54, 1.807) is 4.90 Å². The van der Waals surface area contributed by atoms with E-state index in [4.69, 9.17) is 4.74 Å². The molecule has 0 spiro atoms. The molecule has 1 saturated carbocycles. The third kappa shape index (κ3) is 2.77. The van der Waals surface area contributed by atoms with Crippen LogP contribution in [0, 0.1) is 5.41 Å². The molecule has 0 N–H and O–H groups in total. The van der Waals surface area contributed by atoms with Crippen LogP contribution in [-0.4, -0.2) is 35.0 Å². The molecule has 1 heterocycles. The van der Waals surface area contributed by atoms with Crippen LogP contribution in [0.3, 0.4) is 0 Å². The Balaban J connectivity index is 2.17. The maximum absolute atomic E-state index is 12.3. The van der Waals surface area contributed by atoms with E-state index in [1.165, 1.54) is 0 Å². The molecule has 4 heteroatoms. The van der Waals surface area contributed by atoms with Crippen LogP contribution in [0.4, 0.5) is 4.79 Å². The number of carbonyl (C=O) groups excluding carboxylic acids is 2. The van der Waals surface area contributed by atoms with Gasteiger partial charge >= 0.3 is 6.09 Å². The van der Waals surface area contributed by atoms with Crippen LogP contribution >= 0.6 is 0 Å². The average molecular weight is 267 g/mol. The third-order valence-electron chi connectivity index (χ3n) is 4.35. The zero-order valence-electron chi connectivity index (χ0n) is 12.5. The van der Waals surface area contributed by atoms with Crippen molar-refractivity contribution in [2.45, 2.75) is 71.4 Å². The van der Waals surface area contributed by atoms with Gasteiger partial charge in [-0.1, -0.05) is 6.92 Å². The number of piperidine rings is 1. The molecule has 1 amide bonds. The molecule has 1 aliphatic carbocycles. The Morgan fingerprint density at radius 2 is 2.05 bits per heavy atom. The Morgan fingerprint density at radius 3 is 2.68 bits per heavy atom. The summed E-state index contributed by atoms with van der Waals surface area (Å²) >= 11 is 0. The minimum atomic E-state index is -0.483. The van der Waals surface area contributed by atoms with E-state index in [9.17, 15) is 9.59 Å². The Morgan fingerprint density at radius 1 is 1.37 bits per heavy atom. The predicted molar refractivity (Wildman–Crippen MR) is 72.9 cm³/mol. The van der Waals surface area contributed by atoms with Crippen molar-refractivity contribution in [3.8, 4) is 0 Å². The molecule has 0 radical (unpaired) electrons. The third-order valence-corrected chi connectivity index (χ3v) is 4.35. The number of fused-ring (bicyclic) bond motifs is 1. The normalized spacial score (nSPS) is 31.9. The number of Topliss-reactive ketones (excluding diaryl/α,β-unsaturated/α-hetero) is 1. The Hall–Kier alpha value is -1.06. The van der Waals surface area contributed by atoms with E-state index < -0.39 is 5.60 Å². The van der Waals surface area contributed by atoms with E-state index in [-0.39, 0.29) is 17.6 Å². The molecule has 0 unspecified atom stereocenters. The summed E-state index contributed by atoms with van der Waals surface area (Å²) in [5.74, 6) is 0.317. The number of nitrogens with zero attached hydrogens (tertiary/aromatic N) is 1. The summed E-state index contributed by atoms with van der Waals surface area (Å²) in [5.41, 5.74) is -0.836. The fourth-order valence-corrected chi connectivity index (χ4v) is 3.36. The first-order valence-corrected chi connectivity index (χ1v) is 7.27. The van der Waals surface area contributed by atoms with Crippen LogP contribution in [0.5, 0.6) is 0 Å². The fraction of sp³-hybridized carbons (Fsp3) is 0.867. The van der Waals surface area contributed by atoms with Crippen LogP contribution in [0.2, 0.25) is 0 Å². The highest BCUT2D eigenvalue weighted by atomic mass is 16.6. The summed E-state index contributed by atoms with van der Waals surface area (Å²) < 4.78 is 5.48. The lowest BCUT2D eigenvalue weighted by Crippen LogP contribution is -2.58. The maximum Gasteiger partial charge on any atom is 0.410 e. The Kier molecular flexibility index (Phi) is 3.63. The first-order valence-electron chi connectivity index (χ1n) is 7.27. The van der Waals surface area contributed by atoms with Gasteiger partial charge in [-0.05, 0) is 46.5 Å². The highest BCUT2D eigenvalue weighted by molar-refractivity contribution is 5.87. The van der Waals surface area contributed by atoms with Gasteiger partial charge in [0.05, 0.1) is 0 Å². The van der Waals surface area contributed by atoms with Crippen molar-refractivity contribution in [1.29, 1.82) is 0 Å². The SMILES string of the molecule is CC(C)(C)OC(=O)N1CCC[C@]2(C)C(=O)CCC[C@@H]12. The van der Waals surface area contributed by atoms with Gasteiger partial charge in [0.2, 0.25) is 0 Å². The number of amides is 1. The quantitative estimate of drug-likeness (QED) is 0.677. The van der Waals surface area contributed by atoms with Crippen molar-refractivity contribution in [1.82, 2.24) is 4.90 Å². The summed E-state index contributed by atoms with van der Waals surface area (Å²) in [6.07, 6.45) is 3.99. The summed E-state index contributed by atoms with van der Waals surface area (Å²) in [6, 6.07) is 0.0253. The van der Waals surface area contributed by atoms with Gasteiger partial charge in [0.15, 0.2) is 0 Å². The molecule has 0 aromatic carbocycles. The number of carbonyl (C=O) groups is 2. The summed E-state index contributed by atoms with van der Waals surface area (Å²) in [7, 11) is 0. The number of likely N-dealkylation sites (tertiary alicyclic amines) is 1. The Bertz CT molecular complexity index is 385. The van der Waals surface area contributed by atoms with Crippen molar-refractivity contribution in [2.24, 2.45) is 5.41 Å². The second-order valence-electron chi connectivity index (χ2n) is 7.03. The Labute approximate surface area is 115 Å². The molecule has 0 aromatic heterocycles. The second-order valence-corrected chi connectivity index (χ2v) is 7.03. The standard InChI is InChI=1S/C15H25NO3/c1-14(2,3)19-13(18)16-10-6-9-15(4)11(16)7-5-8-12(15)17/h11H,5-10H2,1-4H3/t11-,15+/m1/s1. The van der Waals surface area contributed by atoms with Crippen molar-refractivity contribution in [3.63, 3.8) is 0 Å². The van der Waals surface area contributed by atoms with E-state index in [0.717, 1.165) is 25.7 Å². The van der Waals surface area contributed by atoms with Gasteiger partial charge in [0.25, 0.3) is 0 Å². The van der Waals surface area contributed by atoms with Crippen LogP contribution < -0.4 is 0 Å².